The van der Waals surface area contributed by atoms with Crippen LogP contribution in [0.5, 0.6) is 5.75 Å². The maximum Gasteiger partial charge on any atom is 0.343 e. The SMILES string of the molecule is Cc1cc(Cl)ccc1OC(=O)c1ccc(NC2=C(Cl)C(=O)N(c3ccc(Cl)c(Cl)c3)C2=O)cc1. The van der Waals surface area contributed by atoms with Crippen LogP contribution >= 0.6 is 46.4 Å². The second-order valence-corrected chi connectivity index (χ2v) is 8.86. The van der Waals surface area contributed by atoms with E-state index in [2.05, 4.69) is 5.32 Å². The van der Waals surface area contributed by atoms with Gasteiger partial charge in [0.1, 0.15) is 16.5 Å². The summed E-state index contributed by atoms with van der Waals surface area (Å²) in [5, 5.41) is 3.57. The number of hydrogen-bond acceptors (Lipinski definition) is 5. The van der Waals surface area contributed by atoms with Gasteiger partial charge in [-0.3, -0.25) is 9.59 Å². The van der Waals surface area contributed by atoms with Gasteiger partial charge in [-0.05, 0) is 73.2 Å². The maximum absolute atomic E-state index is 12.9. The second kappa shape index (κ2) is 9.68. The van der Waals surface area contributed by atoms with Crippen molar-refractivity contribution in [1.29, 1.82) is 0 Å². The molecule has 3 aromatic rings. The van der Waals surface area contributed by atoms with Gasteiger partial charge in [0.05, 0.1) is 21.3 Å². The summed E-state index contributed by atoms with van der Waals surface area (Å²) < 4.78 is 5.41. The lowest BCUT2D eigenvalue weighted by Gasteiger charge is -2.15. The number of carbonyl (C=O) groups is 3. The highest BCUT2D eigenvalue weighted by Crippen LogP contribution is 2.33. The molecule has 0 spiro atoms. The molecule has 0 saturated carbocycles. The molecular formula is C24H14Cl4N2O4. The average molecular weight is 536 g/mol. The van der Waals surface area contributed by atoms with Gasteiger partial charge < -0.3 is 10.1 Å². The summed E-state index contributed by atoms with van der Waals surface area (Å²) in [6.07, 6.45) is 0. The number of nitrogens with zero attached hydrogens (tertiary/aromatic N) is 1. The van der Waals surface area contributed by atoms with Gasteiger partial charge in [0.2, 0.25) is 0 Å². The number of hydrogen-bond donors (Lipinski definition) is 1. The Bertz CT molecular complexity index is 1370. The minimum Gasteiger partial charge on any atom is -0.423 e. The highest BCUT2D eigenvalue weighted by Gasteiger charge is 2.39. The number of nitrogens with one attached hydrogen (secondary N) is 1. The van der Waals surface area contributed by atoms with Crippen molar-refractivity contribution in [3.05, 3.63) is 97.6 Å². The first-order valence-electron chi connectivity index (χ1n) is 9.74. The minimum atomic E-state index is -0.703. The van der Waals surface area contributed by atoms with E-state index in [4.69, 9.17) is 51.1 Å². The molecule has 0 unspecified atom stereocenters. The van der Waals surface area contributed by atoms with Gasteiger partial charge in [0.15, 0.2) is 0 Å². The first-order valence-corrected chi connectivity index (χ1v) is 11.3. The fraction of sp³-hybridized carbons (Fsp3) is 0.0417. The topological polar surface area (TPSA) is 75.7 Å². The molecule has 172 valence electrons. The molecule has 1 aliphatic rings. The van der Waals surface area contributed by atoms with Crippen molar-refractivity contribution in [3.63, 3.8) is 0 Å². The molecule has 1 aliphatic heterocycles. The number of rotatable bonds is 5. The van der Waals surface area contributed by atoms with E-state index in [1.165, 1.54) is 30.3 Å². The summed E-state index contributed by atoms with van der Waals surface area (Å²) >= 11 is 24.0. The highest BCUT2D eigenvalue weighted by atomic mass is 35.5. The Morgan fingerprint density at radius 2 is 1.56 bits per heavy atom. The standard InChI is InChI=1S/C24H14Cl4N2O4/c1-12-10-14(25)4-9-19(12)34-24(33)13-2-5-15(6-3-13)29-21-20(28)22(31)30(23(21)32)16-7-8-17(26)18(27)11-16/h2-11,29H,1H3. The van der Waals surface area contributed by atoms with Crippen molar-refractivity contribution < 1.29 is 19.1 Å². The summed E-state index contributed by atoms with van der Waals surface area (Å²) in [6.45, 7) is 1.78. The van der Waals surface area contributed by atoms with Crippen molar-refractivity contribution in [3.8, 4) is 5.75 Å². The van der Waals surface area contributed by atoms with Crippen molar-refractivity contribution >= 4 is 75.6 Å². The van der Waals surface area contributed by atoms with Gasteiger partial charge in [-0.25, -0.2) is 9.69 Å². The summed E-state index contributed by atoms with van der Waals surface area (Å²) in [5.41, 5.74) is 1.56. The summed E-state index contributed by atoms with van der Waals surface area (Å²) in [7, 11) is 0. The van der Waals surface area contributed by atoms with Gasteiger partial charge in [0, 0.05) is 10.7 Å². The van der Waals surface area contributed by atoms with Crippen LogP contribution in [0.4, 0.5) is 11.4 Å². The molecule has 6 nitrogen and oxygen atoms in total. The van der Waals surface area contributed by atoms with Crippen LogP contribution in [-0.2, 0) is 9.59 Å². The quantitative estimate of drug-likeness (QED) is 0.226. The van der Waals surface area contributed by atoms with E-state index >= 15 is 0 Å². The Morgan fingerprint density at radius 3 is 2.21 bits per heavy atom. The molecule has 0 saturated heterocycles. The van der Waals surface area contributed by atoms with Crippen LogP contribution in [0.15, 0.2) is 71.4 Å². The number of carbonyl (C=O) groups excluding carboxylic acids is 3. The van der Waals surface area contributed by atoms with E-state index in [-0.39, 0.29) is 32.0 Å². The predicted octanol–water partition coefficient (Wildman–Crippen LogP) is 6.61. The lowest BCUT2D eigenvalue weighted by molar-refractivity contribution is -0.120. The van der Waals surface area contributed by atoms with Gasteiger partial charge in [0.25, 0.3) is 11.8 Å². The van der Waals surface area contributed by atoms with Crippen molar-refractivity contribution in [2.24, 2.45) is 0 Å². The number of amides is 2. The molecule has 3 aromatic carbocycles. The molecule has 4 rings (SSSR count). The molecular weight excluding hydrogens is 522 g/mol. The van der Waals surface area contributed by atoms with E-state index in [0.29, 0.717) is 16.5 Å². The zero-order valence-corrected chi connectivity index (χ0v) is 20.4. The average Bonchev–Trinajstić information content (AvgIpc) is 3.01. The van der Waals surface area contributed by atoms with Crippen LogP contribution in [-0.4, -0.2) is 17.8 Å². The van der Waals surface area contributed by atoms with Crippen molar-refractivity contribution in [1.82, 2.24) is 0 Å². The van der Waals surface area contributed by atoms with E-state index in [1.54, 1.807) is 37.3 Å². The van der Waals surface area contributed by atoms with Crippen LogP contribution in [0.25, 0.3) is 0 Å². The summed E-state index contributed by atoms with van der Waals surface area (Å²) in [5.74, 6) is -1.53. The Balaban J connectivity index is 1.49. The third-order valence-electron chi connectivity index (χ3n) is 4.92. The highest BCUT2D eigenvalue weighted by molar-refractivity contribution is 6.53. The lowest BCUT2D eigenvalue weighted by atomic mass is 10.2. The number of aryl methyl sites for hydroxylation is 1. The predicted molar refractivity (Wildman–Crippen MR) is 133 cm³/mol. The third-order valence-corrected chi connectivity index (χ3v) is 6.24. The van der Waals surface area contributed by atoms with Crippen LogP contribution in [0.3, 0.4) is 0 Å². The number of halogens is 4. The molecule has 0 aliphatic carbocycles. The molecule has 2 amide bonds. The van der Waals surface area contributed by atoms with Crippen molar-refractivity contribution in [2.75, 3.05) is 10.2 Å². The van der Waals surface area contributed by atoms with Crippen LogP contribution in [0, 0.1) is 6.92 Å². The van der Waals surface area contributed by atoms with E-state index in [0.717, 1.165) is 10.5 Å². The van der Waals surface area contributed by atoms with Gasteiger partial charge in [-0.15, -0.1) is 0 Å². The molecule has 0 bridgehead atoms. The number of imide groups is 1. The fourth-order valence-electron chi connectivity index (χ4n) is 3.19. The number of benzene rings is 3. The van der Waals surface area contributed by atoms with Gasteiger partial charge in [-0.1, -0.05) is 46.4 Å². The molecule has 34 heavy (non-hydrogen) atoms. The normalized spacial score (nSPS) is 13.5. The van der Waals surface area contributed by atoms with E-state index in [1.807, 2.05) is 0 Å². The summed E-state index contributed by atoms with van der Waals surface area (Å²) in [4.78, 5) is 38.9. The smallest absolute Gasteiger partial charge is 0.343 e. The molecule has 0 fully saturated rings. The lowest BCUT2D eigenvalue weighted by Crippen LogP contribution is -2.32. The van der Waals surface area contributed by atoms with Crippen LogP contribution in [0.2, 0.25) is 15.1 Å². The number of anilines is 2. The van der Waals surface area contributed by atoms with Gasteiger partial charge in [-0.2, -0.15) is 0 Å². The third kappa shape index (κ3) is 4.76. The van der Waals surface area contributed by atoms with E-state index < -0.39 is 17.8 Å². The summed E-state index contributed by atoms with van der Waals surface area (Å²) in [6, 6.07) is 15.4. The van der Waals surface area contributed by atoms with Gasteiger partial charge >= 0.3 is 5.97 Å². The molecule has 1 heterocycles. The Hall–Kier alpha value is -3.03. The Morgan fingerprint density at radius 1 is 0.853 bits per heavy atom. The molecule has 0 aromatic heterocycles. The zero-order valence-electron chi connectivity index (χ0n) is 17.4. The number of ether oxygens (including phenoxy) is 1. The van der Waals surface area contributed by atoms with Crippen LogP contribution in [0.1, 0.15) is 15.9 Å². The molecule has 0 radical (unpaired) electrons. The maximum atomic E-state index is 12.9. The first kappa shape index (κ1) is 24.1. The monoisotopic (exact) mass is 534 g/mol. The Labute approximate surface area is 214 Å². The first-order chi connectivity index (χ1) is 16.2. The number of esters is 1. The zero-order chi connectivity index (χ0) is 24.6. The van der Waals surface area contributed by atoms with Crippen molar-refractivity contribution in [2.45, 2.75) is 6.92 Å². The van der Waals surface area contributed by atoms with Crippen LogP contribution < -0.4 is 15.0 Å². The Kier molecular flexibility index (Phi) is 6.86. The second-order valence-electron chi connectivity index (χ2n) is 7.23. The largest absolute Gasteiger partial charge is 0.423 e. The molecule has 0 atom stereocenters. The minimum absolute atomic E-state index is 0.107. The molecule has 10 heteroatoms. The van der Waals surface area contributed by atoms with E-state index in [9.17, 15) is 14.4 Å². The molecule has 1 N–H and O–H groups in total. The fourth-order valence-corrected chi connectivity index (χ4v) is 3.92.